The highest BCUT2D eigenvalue weighted by Gasteiger charge is 2.32. The smallest absolute Gasteiger partial charge is 0.329 e. The number of hydrogen-bond acceptors (Lipinski definition) is 2. The van der Waals surface area contributed by atoms with Crippen molar-refractivity contribution in [3.05, 3.63) is 53.6 Å². The van der Waals surface area contributed by atoms with Crippen LogP contribution >= 0.6 is 0 Å². The van der Waals surface area contributed by atoms with Gasteiger partial charge in [-0.2, -0.15) is 13.2 Å². The molecule has 0 fully saturated rings. The zero-order valence-electron chi connectivity index (χ0n) is 10.4. The van der Waals surface area contributed by atoms with Crippen LogP contribution in [0.25, 0.3) is 0 Å². The molecule has 19 heavy (non-hydrogen) atoms. The number of nitrogens with zero attached hydrogens (tertiary/aromatic N) is 2. The highest BCUT2D eigenvalue weighted by atomic mass is 19.4. The van der Waals surface area contributed by atoms with E-state index in [1.54, 1.807) is 23.8 Å². The maximum atomic E-state index is 12.9. The lowest BCUT2D eigenvalue weighted by Crippen LogP contribution is -2.15. The van der Waals surface area contributed by atoms with E-state index < -0.39 is 11.7 Å². The largest absolute Gasteiger partial charge is 0.416 e. The number of halogens is 3. The topological polar surface area (TPSA) is 43.8 Å². The lowest BCUT2D eigenvalue weighted by atomic mass is 10.1. The van der Waals surface area contributed by atoms with Crippen molar-refractivity contribution < 1.29 is 13.2 Å². The monoisotopic (exact) mass is 269 g/mol. The van der Waals surface area contributed by atoms with Crippen LogP contribution in [0, 0.1) is 0 Å². The molecule has 0 aliphatic carbocycles. The number of rotatable bonds is 3. The normalized spacial score (nSPS) is 13.5. The summed E-state index contributed by atoms with van der Waals surface area (Å²) in [7, 11) is 0. The lowest BCUT2D eigenvalue weighted by Gasteiger charge is -2.15. The summed E-state index contributed by atoms with van der Waals surface area (Å²) < 4.78 is 40.3. The SMILES string of the molecule is C[C@H](N)c1cncn1Cc1ccccc1C(F)(F)F. The summed E-state index contributed by atoms with van der Waals surface area (Å²) in [6.45, 7) is 1.87. The standard InChI is InChI=1S/C13H14F3N3/c1-9(17)12-6-18-8-19(12)7-10-4-2-3-5-11(10)13(14,15)16/h2-6,8-9H,7,17H2,1H3/t9-/m0/s1. The minimum Gasteiger partial charge on any atom is -0.329 e. The van der Waals surface area contributed by atoms with E-state index in [0.29, 0.717) is 5.69 Å². The Bertz CT molecular complexity index is 558. The minimum atomic E-state index is -4.36. The van der Waals surface area contributed by atoms with Crippen LogP contribution in [-0.2, 0) is 12.7 Å². The van der Waals surface area contributed by atoms with Crippen LogP contribution in [0.3, 0.4) is 0 Å². The fourth-order valence-corrected chi connectivity index (χ4v) is 1.96. The number of nitrogens with two attached hydrogens (primary N) is 1. The first-order valence-electron chi connectivity index (χ1n) is 5.80. The fourth-order valence-electron chi connectivity index (χ4n) is 1.96. The van der Waals surface area contributed by atoms with Crippen molar-refractivity contribution in [1.29, 1.82) is 0 Å². The average Bonchev–Trinajstić information content (AvgIpc) is 2.76. The molecule has 0 unspecified atom stereocenters. The van der Waals surface area contributed by atoms with Gasteiger partial charge in [0.1, 0.15) is 0 Å². The lowest BCUT2D eigenvalue weighted by molar-refractivity contribution is -0.138. The second-order valence-corrected chi connectivity index (χ2v) is 4.39. The number of alkyl halides is 3. The molecule has 0 aliphatic heterocycles. The highest BCUT2D eigenvalue weighted by Crippen LogP contribution is 2.32. The molecule has 6 heteroatoms. The Balaban J connectivity index is 2.36. The van der Waals surface area contributed by atoms with E-state index in [1.165, 1.54) is 18.5 Å². The van der Waals surface area contributed by atoms with E-state index >= 15 is 0 Å². The summed E-state index contributed by atoms with van der Waals surface area (Å²) >= 11 is 0. The van der Waals surface area contributed by atoms with Crippen molar-refractivity contribution in [2.45, 2.75) is 25.7 Å². The quantitative estimate of drug-likeness (QED) is 0.931. The molecule has 2 aromatic rings. The molecule has 1 heterocycles. The average molecular weight is 269 g/mol. The van der Waals surface area contributed by atoms with Gasteiger partial charge in [0.05, 0.1) is 17.6 Å². The summed E-state index contributed by atoms with van der Waals surface area (Å²) in [6, 6.07) is 5.24. The second kappa shape index (κ2) is 5.05. The van der Waals surface area contributed by atoms with E-state index in [9.17, 15) is 13.2 Å². The summed E-state index contributed by atoms with van der Waals surface area (Å²) in [5, 5.41) is 0. The third-order valence-corrected chi connectivity index (χ3v) is 2.87. The Morgan fingerprint density at radius 1 is 1.32 bits per heavy atom. The van der Waals surface area contributed by atoms with Gasteiger partial charge >= 0.3 is 6.18 Å². The van der Waals surface area contributed by atoms with E-state index in [1.807, 2.05) is 0 Å². The van der Waals surface area contributed by atoms with Gasteiger partial charge in [0.15, 0.2) is 0 Å². The maximum Gasteiger partial charge on any atom is 0.416 e. The van der Waals surface area contributed by atoms with Gasteiger partial charge in [0, 0.05) is 18.8 Å². The van der Waals surface area contributed by atoms with Gasteiger partial charge in [0.2, 0.25) is 0 Å². The fraction of sp³-hybridized carbons (Fsp3) is 0.308. The van der Waals surface area contributed by atoms with Gasteiger partial charge in [0.25, 0.3) is 0 Å². The molecule has 2 rings (SSSR count). The van der Waals surface area contributed by atoms with Crippen molar-refractivity contribution in [3.8, 4) is 0 Å². The van der Waals surface area contributed by atoms with Crippen LogP contribution in [0.5, 0.6) is 0 Å². The molecular formula is C13H14F3N3. The van der Waals surface area contributed by atoms with Crippen LogP contribution < -0.4 is 5.73 Å². The van der Waals surface area contributed by atoms with Gasteiger partial charge in [-0.1, -0.05) is 18.2 Å². The van der Waals surface area contributed by atoms with E-state index in [2.05, 4.69) is 4.98 Å². The molecule has 1 atom stereocenters. The molecule has 0 saturated heterocycles. The van der Waals surface area contributed by atoms with E-state index in [4.69, 9.17) is 5.73 Å². The molecule has 0 aliphatic rings. The van der Waals surface area contributed by atoms with Crippen LogP contribution in [0.4, 0.5) is 13.2 Å². The molecule has 3 nitrogen and oxygen atoms in total. The molecule has 2 N–H and O–H groups in total. The number of hydrogen-bond donors (Lipinski definition) is 1. The minimum absolute atomic E-state index is 0.104. The molecular weight excluding hydrogens is 255 g/mol. The molecule has 1 aromatic carbocycles. The molecule has 0 radical (unpaired) electrons. The first-order valence-corrected chi connectivity index (χ1v) is 5.80. The van der Waals surface area contributed by atoms with Crippen LogP contribution in [0.2, 0.25) is 0 Å². The predicted molar refractivity (Wildman–Crippen MR) is 65.4 cm³/mol. The summed E-state index contributed by atoms with van der Waals surface area (Å²) in [4.78, 5) is 3.93. The van der Waals surface area contributed by atoms with Gasteiger partial charge < -0.3 is 10.3 Å². The zero-order valence-corrected chi connectivity index (χ0v) is 10.4. The Morgan fingerprint density at radius 2 is 2.00 bits per heavy atom. The molecule has 102 valence electrons. The van der Waals surface area contributed by atoms with Gasteiger partial charge in [-0.15, -0.1) is 0 Å². The van der Waals surface area contributed by atoms with Crippen molar-refractivity contribution in [1.82, 2.24) is 9.55 Å². The number of imidazole rings is 1. The first-order chi connectivity index (χ1) is 8.89. The third-order valence-electron chi connectivity index (χ3n) is 2.87. The number of benzene rings is 1. The summed E-state index contributed by atoms with van der Waals surface area (Å²) in [5.41, 5.74) is 6.04. The second-order valence-electron chi connectivity index (χ2n) is 4.39. The van der Waals surface area contributed by atoms with Crippen LogP contribution in [0.15, 0.2) is 36.8 Å². The van der Waals surface area contributed by atoms with Gasteiger partial charge in [-0.05, 0) is 18.6 Å². The Morgan fingerprint density at radius 3 is 2.63 bits per heavy atom. The Labute approximate surface area is 108 Å². The van der Waals surface area contributed by atoms with Crippen LogP contribution in [-0.4, -0.2) is 9.55 Å². The third kappa shape index (κ3) is 2.96. The Hall–Kier alpha value is -1.82. The van der Waals surface area contributed by atoms with Gasteiger partial charge in [-0.3, -0.25) is 0 Å². The molecule has 0 bridgehead atoms. The molecule has 0 saturated carbocycles. The summed E-state index contributed by atoms with van der Waals surface area (Å²) in [6.07, 6.45) is -1.29. The van der Waals surface area contributed by atoms with Crippen molar-refractivity contribution in [2.75, 3.05) is 0 Å². The molecule has 1 aromatic heterocycles. The Kier molecular flexibility index (Phi) is 3.61. The predicted octanol–water partition coefficient (Wildman–Crippen LogP) is 2.97. The van der Waals surface area contributed by atoms with Crippen molar-refractivity contribution >= 4 is 0 Å². The zero-order chi connectivity index (χ0) is 14.0. The van der Waals surface area contributed by atoms with E-state index in [-0.39, 0.29) is 18.2 Å². The first kappa shape index (κ1) is 13.6. The van der Waals surface area contributed by atoms with Gasteiger partial charge in [-0.25, -0.2) is 4.98 Å². The molecule has 0 amide bonds. The number of aromatic nitrogens is 2. The molecule has 0 spiro atoms. The maximum absolute atomic E-state index is 12.9. The van der Waals surface area contributed by atoms with Crippen molar-refractivity contribution in [2.24, 2.45) is 5.73 Å². The summed E-state index contributed by atoms with van der Waals surface area (Å²) in [5.74, 6) is 0. The highest BCUT2D eigenvalue weighted by molar-refractivity contribution is 5.30. The van der Waals surface area contributed by atoms with Crippen molar-refractivity contribution in [3.63, 3.8) is 0 Å². The van der Waals surface area contributed by atoms with Crippen LogP contribution in [0.1, 0.15) is 29.8 Å². The van der Waals surface area contributed by atoms with E-state index in [0.717, 1.165) is 6.07 Å².